The van der Waals surface area contributed by atoms with Gasteiger partial charge in [-0.3, -0.25) is 9.59 Å². The molecule has 1 fully saturated rings. The van der Waals surface area contributed by atoms with E-state index in [0.717, 1.165) is 16.5 Å². The Kier molecular flexibility index (Phi) is 8.88. The second-order valence-corrected chi connectivity index (χ2v) is 11.5. The quantitative estimate of drug-likeness (QED) is 0.275. The van der Waals surface area contributed by atoms with Crippen LogP contribution in [0.2, 0.25) is 0 Å². The molecule has 3 aromatic rings. The fourth-order valence-electron chi connectivity index (χ4n) is 4.95. The van der Waals surface area contributed by atoms with Crippen molar-refractivity contribution in [2.24, 2.45) is 0 Å². The number of hydrogen-bond acceptors (Lipinski definition) is 4. The van der Waals surface area contributed by atoms with Gasteiger partial charge in [-0.15, -0.1) is 0 Å². The van der Waals surface area contributed by atoms with E-state index in [1.807, 2.05) is 6.20 Å². The number of halogens is 3. The molecule has 2 heterocycles. The molecule has 1 aliphatic heterocycles. The van der Waals surface area contributed by atoms with Crippen molar-refractivity contribution < 1.29 is 23.5 Å². The van der Waals surface area contributed by atoms with Gasteiger partial charge in [0, 0.05) is 49.4 Å². The van der Waals surface area contributed by atoms with Crippen molar-refractivity contribution in [2.75, 3.05) is 26.2 Å². The molecule has 0 atom stereocenters. The van der Waals surface area contributed by atoms with Gasteiger partial charge in [-0.25, -0.2) is 8.78 Å². The predicted octanol–water partition coefficient (Wildman–Crippen LogP) is 4.30. The van der Waals surface area contributed by atoms with Crippen molar-refractivity contribution in [2.45, 2.75) is 44.2 Å². The van der Waals surface area contributed by atoms with Crippen LogP contribution in [0.5, 0.6) is 0 Å². The lowest BCUT2D eigenvalue weighted by molar-refractivity contribution is -0.134. The van der Waals surface area contributed by atoms with E-state index >= 15 is 0 Å². The summed E-state index contributed by atoms with van der Waals surface area (Å²) in [6.45, 7) is 5.28. The molecule has 2 aromatic carbocycles. The van der Waals surface area contributed by atoms with Crippen LogP contribution in [-0.2, 0) is 16.0 Å². The monoisotopic (exact) mass is 602 g/mol. The number of amides is 2. The first kappa shape index (κ1) is 28.9. The first-order valence-electron chi connectivity index (χ1n) is 12.9. The fourth-order valence-corrected chi connectivity index (χ4v) is 5.35. The van der Waals surface area contributed by atoms with Crippen LogP contribution in [-0.4, -0.2) is 64.1 Å². The molecule has 1 aliphatic rings. The number of aromatic nitrogens is 1. The molecule has 0 bridgehead atoms. The number of fused-ring (bicyclic) bond motifs is 1. The molecule has 208 valence electrons. The molecule has 10 heteroatoms. The van der Waals surface area contributed by atoms with Gasteiger partial charge in [0.2, 0.25) is 11.8 Å². The van der Waals surface area contributed by atoms with Crippen molar-refractivity contribution in [3.63, 3.8) is 0 Å². The summed E-state index contributed by atoms with van der Waals surface area (Å²) < 4.78 is 27.6. The SMILES string of the molecule is CC(C)(O)CN1CCC(NC(=O)C=Cc2ccc(F)c(Br)c2)(C(=O)NCCc2c[nH]c3ccc(F)cc23)CC1. The lowest BCUT2D eigenvalue weighted by atomic mass is 9.85. The molecule has 7 nitrogen and oxygen atoms in total. The molecule has 0 radical (unpaired) electrons. The lowest BCUT2D eigenvalue weighted by Crippen LogP contribution is -2.63. The second-order valence-electron chi connectivity index (χ2n) is 10.7. The zero-order valence-corrected chi connectivity index (χ0v) is 23.6. The first-order valence-corrected chi connectivity index (χ1v) is 13.7. The smallest absolute Gasteiger partial charge is 0.245 e. The molecule has 0 spiro atoms. The summed E-state index contributed by atoms with van der Waals surface area (Å²) in [5.74, 6) is -1.45. The third-order valence-electron chi connectivity index (χ3n) is 6.90. The number of rotatable bonds is 9. The second kappa shape index (κ2) is 12.0. The normalized spacial score (nSPS) is 16.1. The highest BCUT2D eigenvalue weighted by Crippen LogP contribution is 2.25. The van der Waals surface area contributed by atoms with Gasteiger partial charge in [0.25, 0.3) is 0 Å². The van der Waals surface area contributed by atoms with E-state index < -0.39 is 22.9 Å². The van der Waals surface area contributed by atoms with Crippen molar-refractivity contribution >= 4 is 44.7 Å². The van der Waals surface area contributed by atoms with E-state index in [1.165, 1.54) is 24.3 Å². The largest absolute Gasteiger partial charge is 0.389 e. The maximum absolute atomic E-state index is 13.7. The number of piperidine rings is 1. The van der Waals surface area contributed by atoms with Crippen molar-refractivity contribution in [3.05, 3.63) is 75.9 Å². The molecule has 0 saturated carbocycles. The minimum Gasteiger partial charge on any atom is -0.389 e. The molecule has 1 saturated heterocycles. The van der Waals surface area contributed by atoms with Gasteiger partial charge in [0.05, 0.1) is 10.1 Å². The summed E-state index contributed by atoms with van der Waals surface area (Å²) >= 11 is 3.14. The Morgan fingerprint density at radius 1 is 1.18 bits per heavy atom. The summed E-state index contributed by atoms with van der Waals surface area (Å²) in [4.78, 5) is 31.6. The van der Waals surface area contributed by atoms with E-state index in [0.29, 0.717) is 51.0 Å². The number of carbonyl (C=O) groups is 2. The Hall–Kier alpha value is -3.08. The predicted molar refractivity (Wildman–Crippen MR) is 151 cm³/mol. The number of aromatic amines is 1. The summed E-state index contributed by atoms with van der Waals surface area (Å²) in [7, 11) is 0. The van der Waals surface area contributed by atoms with Crippen molar-refractivity contribution in [1.29, 1.82) is 0 Å². The Morgan fingerprint density at radius 3 is 2.62 bits per heavy atom. The number of H-pyrrole nitrogens is 1. The van der Waals surface area contributed by atoms with E-state index in [-0.39, 0.29) is 16.2 Å². The van der Waals surface area contributed by atoms with Gasteiger partial charge in [-0.1, -0.05) is 6.07 Å². The van der Waals surface area contributed by atoms with Crippen molar-refractivity contribution in [3.8, 4) is 0 Å². The minimum absolute atomic E-state index is 0.289. The first-order chi connectivity index (χ1) is 18.4. The molecule has 4 N–H and O–H groups in total. The third kappa shape index (κ3) is 7.52. The number of nitrogens with one attached hydrogen (secondary N) is 3. The van der Waals surface area contributed by atoms with Crippen LogP contribution >= 0.6 is 15.9 Å². The molecule has 0 aliphatic carbocycles. The van der Waals surface area contributed by atoms with Crippen LogP contribution in [0.1, 0.15) is 37.8 Å². The highest BCUT2D eigenvalue weighted by Gasteiger charge is 2.42. The number of carbonyl (C=O) groups excluding carboxylic acids is 2. The maximum atomic E-state index is 13.7. The van der Waals surface area contributed by atoms with E-state index in [9.17, 15) is 23.5 Å². The zero-order valence-electron chi connectivity index (χ0n) is 22.0. The molecule has 0 unspecified atom stereocenters. The zero-order chi connectivity index (χ0) is 28.2. The standard InChI is InChI=1S/C29H33BrF2N4O3/c1-28(2,39)18-36-13-10-29(11-14-36,35-26(37)8-4-19-3-6-24(32)23(30)15-19)27(38)33-12-9-20-17-34-25-7-5-21(31)16-22(20)25/h3-8,15-17,34,39H,9-14,18H2,1-2H3,(H,33,38)(H,35,37). The summed E-state index contributed by atoms with van der Waals surface area (Å²) in [6, 6.07) is 8.96. The number of β-amino-alcohol motifs (C(OH)–C–C–N with tert-alkyl or cyclic N) is 1. The van der Waals surface area contributed by atoms with Crippen LogP contribution in [0.4, 0.5) is 8.78 Å². The van der Waals surface area contributed by atoms with Gasteiger partial charge in [0.15, 0.2) is 0 Å². The van der Waals surface area contributed by atoms with Crippen LogP contribution in [0.25, 0.3) is 17.0 Å². The van der Waals surface area contributed by atoms with E-state index in [1.54, 1.807) is 38.1 Å². The van der Waals surface area contributed by atoms with Gasteiger partial charge >= 0.3 is 0 Å². The van der Waals surface area contributed by atoms with Gasteiger partial charge in [0.1, 0.15) is 17.2 Å². The molecule has 1 aromatic heterocycles. The van der Waals surface area contributed by atoms with Crippen LogP contribution < -0.4 is 10.6 Å². The number of likely N-dealkylation sites (tertiary alicyclic amines) is 1. The summed E-state index contributed by atoms with van der Waals surface area (Å²) in [6.07, 6.45) is 5.93. The third-order valence-corrected chi connectivity index (χ3v) is 7.51. The lowest BCUT2D eigenvalue weighted by Gasteiger charge is -2.42. The fraction of sp³-hybridized carbons (Fsp3) is 0.379. The van der Waals surface area contributed by atoms with Gasteiger partial charge < -0.3 is 25.6 Å². The molecule has 2 amide bonds. The Labute approximate surface area is 234 Å². The molecular weight excluding hydrogens is 570 g/mol. The van der Waals surface area contributed by atoms with Crippen LogP contribution in [0.15, 0.2) is 53.1 Å². The summed E-state index contributed by atoms with van der Waals surface area (Å²) in [5, 5.41) is 16.9. The average Bonchev–Trinajstić information content (AvgIpc) is 3.27. The Morgan fingerprint density at radius 2 is 1.92 bits per heavy atom. The Balaban J connectivity index is 1.44. The Bertz CT molecular complexity index is 1370. The van der Waals surface area contributed by atoms with E-state index in [2.05, 4.69) is 36.4 Å². The van der Waals surface area contributed by atoms with Crippen LogP contribution in [0, 0.1) is 11.6 Å². The summed E-state index contributed by atoms with van der Waals surface area (Å²) in [5.41, 5.74) is 0.327. The number of benzene rings is 2. The molecular formula is C29H33BrF2N4O3. The number of aliphatic hydroxyl groups is 1. The van der Waals surface area contributed by atoms with Gasteiger partial charge in [-0.2, -0.15) is 0 Å². The van der Waals surface area contributed by atoms with Gasteiger partial charge in [-0.05, 0) is 96.6 Å². The average molecular weight is 604 g/mol. The minimum atomic E-state index is -1.13. The highest BCUT2D eigenvalue weighted by molar-refractivity contribution is 9.10. The highest BCUT2D eigenvalue weighted by atomic mass is 79.9. The van der Waals surface area contributed by atoms with E-state index in [4.69, 9.17) is 0 Å². The van der Waals surface area contributed by atoms with Crippen molar-refractivity contribution in [1.82, 2.24) is 20.5 Å². The number of hydrogen-bond donors (Lipinski definition) is 4. The van der Waals surface area contributed by atoms with Crippen LogP contribution in [0.3, 0.4) is 0 Å². The number of nitrogens with zero attached hydrogens (tertiary/aromatic N) is 1. The molecule has 4 rings (SSSR count). The topological polar surface area (TPSA) is 97.5 Å². The molecule has 39 heavy (non-hydrogen) atoms. The maximum Gasteiger partial charge on any atom is 0.245 e.